The molecule has 17 heavy (non-hydrogen) atoms. The monoisotopic (exact) mass is 242 g/mol. The number of carbonyl (C=O) groups excluding carboxylic acids is 2. The first-order valence-electron chi connectivity index (χ1n) is 6.13. The van der Waals surface area contributed by atoms with E-state index in [1.165, 1.54) is 19.3 Å². The Kier molecular flexibility index (Phi) is 5.93. The molecule has 0 saturated carbocycles. The standard InChI is InChI=1S/C11H22N4O2/c1-9(15-5-3-2-4-6-15)7-13-8-10(16)14-11(12)17/h9,13H,2-8H2,1H3,(H3,12,14,16,17). The Morgan fingerprint density at radius 2 is 1.94 bits per heavy atom. The molecule has 98 valence electrons. The molecule has 0 aliphatic carbocycles. The molecule has 6 heteroatoms. The number of nitrogens with zero attached hydrogens (tertiary/aromatic N) is 1. The summed E-state index contributed by atoms with van der Waals surface area (Å²) in [6.45, 7) is 5.28. The highest BCUT2D eigenvalue weighted by molar-refractivity contribution is 5.94. The Labute approximate surface area is 102 Å². The van der Waals surface area contributed by atoms with Gasteiger partial charge in [-0.05, 0) is 32.9 Å². The number of imide groups is 1. The van der Waals surface area contributed by atoms with Gasteiger partial charge in [0, 0.05) is 12.6 Å². The van der Waals surface area contributed by atoms with E-state index in [0.29, 0.717) is 6.04 Å². The highest BCUT2D eigenvalue weighted by atomic mass is 16.2. The zero-order valence-electron chi connectivity index (χ0n) is 10.4. The molecule has 1 fully saturated rings. The third kappa shape index (κ3) is 5.65. The summed E-state index contributed by atoms with van der Waals surface area (Å²) in [5.74, 6) is -0.386. The molecule has 1 heterocycles. The van der Waals surface area contributed by atoms with Crippen LogP contribution in [-0.4, -0.2) is 49.1 Å². The summed E-state index contributed by atoms with van der Waals surface area (Å²) in [6, 6.07) is -0.391. The molecule has 1 aliphatic heterocycles. The molecular formula is C11H22N4O2. The van der Waals surface area contributed by atoms with E-state index in [2.05, 4.69) is 17.1 Å². The van der Waals surface area contributed by atoms with E-state index in [1.54, 1.807) is 0 Å². The maximum absolute atomic E-state index is 11.1. The summed E-state index contributed by atoms with van der Waals surface area (Å²) >= 11 is 0. The van der Waals surface area contributed by atoms with Crippen molar-refractivity contribution in [1.29, 1.82) is 0 Å². The first kappa shape index (κ1) is 13.9. The number of urea groups is 1. The number of nitrogens with two attached hydrogens (primary N) is 1. The molecule has 1 aliphatic rings. The Morgan fingerprint density at radius 1 is 1.29 bits per heavy atom. The van der Waals surface area contributed by atoms with E-state index in [1.807, 2.05) is 5.32 Å². The van der Waals surface area contributed by atoms with Crippen molar-refractivity contribution < 1.29 is 9.59 Å². The van der Waals surface area contributed by atoms with Crippen LogP contribution in [-0.2, 0) is 4.79 Å². The van der Waals surface area contributed by atoms with Gasteiger partial charge in [-0.1, -0.05) is 6.42 Å². The van der Waals surface area contributed by atoms with E-state index < -0.39 is 6.03 Å². The topological polar surface area (TPSA) is 87.5 Å². The lowest BCUT2D eigenvalue weighted by Gasteiger charge is -2.32. The van der Waals surface area contributed by atoms with Crippen LogP contribution in [0.25, 0.3) is 0 Å². The minimum absolute atomic E-state index is 0.126. The molecule has 1 unspecified atom stereocenters. The molecule has 0 bridgehead atoms. The van der Waals surface area contributed by atoms with Crippen molar-refractivity contribution >= 4 is 11.9 Å². The van der Waals surface area contributed by atoms with Gasteiger partial charge in [0.2, 0.25) is 5.91 Å². The van der Waals surface area contributed by atoms with Gasteiger partial charge < -0.3 is 11.1 Å². The molecule has 1 saturated heterocycles. The van der Waals surface area contributed by atoms with Crippen molar-refractivity contribution in [3.8, 4) is 0 Å². The summed E-state index contributed by atoms with van der Waals surface area (Å²) in [4.78, 5) is 24.0. The largest absolute Gasteiger partial charge is 0.351 e. The Hall–Kier alpha value is -1.14. The maximum atomic E-state index is 11.1. The van der Waals surface area contributed by atoms with Gasteiger partial charge in [-0.3, -0.25) is 15.0 Å². The van der Waals surface area contributed by atoms with E-state index >= 15 is 0 Å². The summed E-state index contributed by atoms with van der Waals surface area (Å²) in [7, 11) is 0. The van der Waals surface area contributed by atoms with Crippen LogP contribution in [0.5, 0.6) is 0 Å². The van der Waals surface area contributed by atoms with Gasteiger partial charge in [0.05, 0.1) is 6.54 Å². The predicted octanol–water partition coefficient (Wildman–Crippen LogP) is -0.355. The minimum Gasteiger partial charge on any atom is -0.351 e. The third-order valence-corrected chi connectivity index (χ3v) is 3.00. The molecule has 6 nitrogen and oxygen atoms in total. The molecular weight excluding hydrogens is 220 g/mol. The van der Waals surface area contributed by atoms with Gasteiger partial charge in [0.25, 0.3) is 0 Å². The Morgan fingerprint density at radius 3 is 2.53 bits per heavy atom. The number of hydrogen-bond donors (Lipinski definition) is 3. The van der Waals surface area contributed by atoms with Crippen LogP contribution in [0, 0.1) is 0 Å². The number of carbonyl (C=O) groups is 2. The second-order valence-electron chi connectivity index (χ2n) is 4.49. The van der Waals surface area contributed by atoms with Crippen LogP contribution < -0.4 is 16.4 Å². The second-order valence-corrected chi connectivity index (χ2v) is 4.49. The Balaban J connectivity index is 2.12. The molecule has 4 N–H and O–H groups in total. The molecule has 0 radical (unpaired) electrons. The fourth-order valence-corrected chi connectivity index (χ4v) is 2.06. The lowest BCUT2D eigenvalue weighted by atomic mass is 10.1. The zero-order valence-corrected chi connectivity index (χ0v) is 10.4. The highest BCUT2D eigenvalue weighted by Crippen LogP contribution is 2.11. The number of amides is 3. The van der Waals surface area contributed by atoms with Gasteiger partial charge in [-0.2, -0.15) is 0 Å². The average molecular weight is 242 g/mol. The average Bonchev–Trinajstić information content (AvgIpc) is 2.29. The number of likely N-dealkylation sites (tertiary alicyclic amines) is 1. The smallest absolute Gasteiger partial charge is 0.318 e. The van der Waals surface area contributed by atoms with Gasteiger partial charge in [0.15, 0.2) is 0 Å². The van der Waals surface area contributed by atoms with Crippen LogP contribution in [0.1, 0.15) is 26.2 Å². The quantitative estimate of drug-likeness (QED) is 0.614. The van der Waals surface area contributed by atoms with Crippen LogP contribution in [0.3, 0.4) is 0 Å². The van der Waals surface area contributed by atoms with Crippen LogP contribution in [0.2, 0.25) is 0 Å². The molecule has 1 atom stereocenters. The lowest BCUT2D eigenvalue weighted by Crippen LogP contribution is -2.46. The van der Waals surface area contributed by atoms with Crippen molar-refractivity contribution in [1.82, 2.24) is 15.5 Å². The molecule has 0 aromatic carbocycles. The van der Waals surface area contributed by atoms with Gasteiger partial charge >= 0.3 is 6.03 Å². The second kappa shape index (κ2) is 7.24. The number of nitrogens with one attached hydrogen (secondary N) is 2. The van der Waals surface area contributed by atoms with Crippen molar-refractivity contribution in [2.24, 2.45) is 5.73 Å². The number of hydrogen-bond acceptors (Lipinski definition) is 4. The van der Waals surface area contributed by atoms with Crippen LogP contribution in [0.15, 0.2) is 0 Å². The molecule has 3 amide bonds. The predicted molar refractivity (Wildman–Crippen MR) is 65.5 cm³/mol. The van der Waals surface area contributed by atoms with Crippen LogP contribution >= 0.6 is 0 Å². The SMILES string of the molecule is CC(CNCC(=O)NC(N)=O)N1CCCCC1. The number of piperidine rings is 1. The number of rotatable bonds is 5. The highest BCUT2D eigenvalue weighted by Gasteiger charge is 2.16. The lowest BCUT2D eigenvalue weighted by molar-refractivity contribution is -0.119. The maximum Gasteiger partial charge on any atom is 0.318 e. The normalized spacial score (nSPS) is 18.6. The van der Waals surface area contributed by atoms with Crippen molar-refractivity contribution in [3.63, 3.8) is 0 Å². The summed E-state index contributed by atoms with van der Waals surface area (Å²) in [5, 5.41) is 5.05. The fourth-order valence-electron chi connectivity index (χ4n) is 2.06. The van der Waals surface area contributed by atoms with Crippen LogP contribution in [0.4, 0.5) is 4.79 Å². The number of primary amides is 1. The van der Waals surface area contributed by atoms with Crippen molar-refractivity contribution in [2.75, 3.05) is 26.2 Å². The molecule has 0 spiro atoms. The van der Waals surface area contributed by atoms with E-state index in [-0.39, 0.29) is 12.5 Å². The Bertz CT molecular complexity index is 264. The van der Waals surface area contributed by atoms with Crippen molar-refractivity contribution in [3.05, 3.63) is 0 Å². The molecule has 0 aromatic heterocycles. The van der Waals surface area contributed by atoms with E-state index in [9.17, 15) is 9.59 Å². The van der Waals surface area contributed by atoms with Crippen molar-refractivity contribution in [2.45, 2.75) is 32.2 Å². The molecule has 1 rings (SSSR count). The first-order valence-corrected chi connectivity index (χ1v) is 6.13. The summed E-state index contributed by atoms with van der Waals surface area (Å²) in [6.07, 6.45) is 3.83. The fraction of sp³-hybridized carbons (Fsp3) is 0.818. The van der Waals surface area contributed by atoms with E-state index in [0.717, 1.165) is 19.6 Å². The van der Waals surface area contributed by atoms with Gasteiger partial charge in [0.1, 0.15) is 0 Å². The first-order chi connectivity index (χ1) is 8.09. The van der Waals surface area contributed by atoms with Gasteiger partial charge in [-0.15, -0.1) is 0 Å². The molecule has 0 aromatic rings. The third-order valence-electron chi connectivity index (χ3n) is 3.00. The van der Waals surface area contributed by atoms with Gasteiger partial charge in [-0.25, -0.2) is 4.79 Å². The summed E-state index contributed by atoms with van der Waals surface area (Å²) in [5.41, 5.74) is 4.83. The summed E-state index contributed by atoms with van der Waals surface area (Å²) < 4.78 is 0. The van der Waals surface area contributed by atoms with E-state index in [4.69, 9.17) is 5.73 Å². The minimum atomic E-state index is -0.805. The zero-order chi connectivity index (χ0) is 12.7.